The molecule has 0 bridgehead atoms. The van der Waals surface area contributed by atoms with Crippen LogP contribution in [0.15, 0.2) is 116 Å². The fourth-order valence-corrected chi connectivity index (χ4v) is 6.21. The molecule has 3 heterocycles. The van der Waals surface area contributed by atoms with Gasteiger partial charge >= 0.3 is 6.18 Å². The number of hydrogen-bond donors (Lipinski definition) is 0. The first-order valence-electron chi connectivity index (χ1n) is 12.4. The van der Waals surface area contributed by atoms with Gasteiger partial charge in [-0.15, -0.1) is 11.3 Å². The molecule has 0 saturated carbocycles. The summed E-state index contributed by atoms with van der Waals surface area (Å²) in [6.07, 6.45) is -0.665. The van der Waals surface area contributed by atoms with Crippen LogP contribution < -0.4 is 0 Å². The van der Waals surface area contributed by atoms with Crippen LogP contribution in [0.1, 0.15) is 5.56 Å². The van der Waals surface area contributed by atoms with Crippen molar-refractivity contribution in [1.29, 1.82) is 0 Å². The fraction of sp³-hybridized carbons (Fsp3) is 0.0303. The fourth-order valence-electron chi connectivity index (χ4n) is 4.98. The number of benzene rings is 4. The van der Waals surface area contributed by atoms with Crippen molar-refractivity contribution in [2.45, 2.75) is 6.18 Å². The van der Waals surface area contributed by atoms with E-state index in [0.717, 1.165) is 51.0 Å². The smallest absolute Gasteiger partial charge is 0.256 e. The average Bonchev–Trinajstić information content (AvgIpc) is 3.35. The van der Waals surface area contributed by atoms with Crippen molar-refractivity contribution in [1.82, 2.24) is 9.97 Å². The maximum absolute atomic E-state index is 12.9. The van der Waals surface area contributed by atoms with Crippen LogP contribution in [-0.4, -0.2) is 9.97 Å². The Balaban J connectivity index is 1.19. The lowest BCUT2D eigenvalue weighted by Gasteiger charge is -2.09. The first kappa shape index (κ1) is 23.6. The summed E-state index contributed by atoms with van der Waals surface area (Å²) >= 11 is 1.79. The molecule has 0 N–H and O–H groups in total. The van der Waals surface area contributed by atoms with Crippen molar-refractivity contribution in [3.05, 3.63) is 121 Å². The predicted molar refractivity (Wildman–Crippen MR) is 154 cm³/mol. The SMILES string of the molecule is FC(F)(F)c1ccc(-c2ccc3cc(-c4ccc(-c5cccc6c5sc5ccccc56)nc4)cnc3c2)cc1. The van der Waals surface area contributed by atoms with Crippen molar-refractivity contribution in [3.8, 4) is 33.5 Å². The number of aromatic nitrogens is 2. The second-order valence-electron chi connectivity index (χ2n) is 9.42. The average molecular weight is 533 g/mol. The van der Waals surface area contributed by atoms with E-state index in [1.807, 2.05) is 36.7 Å². The van der Waals surface area contributed by atoms with Gasteiger partial charge in [0.15, 0.2) is 0 Å². The number of thiophene rings is 1. The largest absolute Gasteiger partial charge is 0.416 e. The molecule has 0 fully saturated rings. The summed E-state index contributed by atoms with van der Waals surface area (Å²) < 4.78 is 41.2. The van der Waals surface area contributed by atoms with Crippen LogP contribution >= 0.6 is 11.3 Å². The summed E-state index contributed by atoms with van der Waals surface area (Å²) in [5.74, 6) is 0. The van der Waals surface area contributed by atoms with E-state index in [-0.39, 0.29) is 0 Å². The molecule has 3 aromatic heterocycles. The summed E-state index contributed by atoms with van der Waals surface area (Å²) in [7, 11) is 0. The monoisotopic (exact) mass is 532 g/mol. The Morgan fingerprint density at radius 3 is 2.13 bits per heavy atom. The van der Waals surface area contributed by atoms with E-state index < -0.39 is 11.7 Å². The molecular weight excluding hydrogens is 513 g/mol. The molecule has 6 heteroatoms. The zero-order chi connectivity index (χ0) is 26.6. The van der Waals surface area contributed by atoms with Crippen LogP contribution in [0, 0.1) is 0 Å². The van der Waals surface area contributed by atoms with Crippen LogP contribution in [0.2, 0.25) is 0 Å². The molecule has 0 radical (unpaired) electrons. The van der Waals surface area contributed by atoms with E-state index in [4.69, 9.17) is 4.98 Å². The highest BCUT2D eigenvalue weighted by Gasteiger charge is 2.30. The third-order valence-electron chi connectivity index (χ3n) is 7.01. The van der Waals surface area contributed by atoms with Gasteiger partial charge in [0.25, 0.3) is 0 Å². The minimum Gasteiger partial charge on any atom is -0.256 e. The van der Waals surface area contributed by atoms with Gasteiger partial charge in [0.1, 0.15) is 0 Å². The number of fused-ring (bicyclic) bond motifs is 4. The van der Waals surface area contributed by atoms with Crippen molar-refractivity contribution < 1.29 is 13.2 Å². The Bertz CT molecular complexity index is 1990. The quantitative estimate of drug-likeness (QED) is 0.226. The van der Waals surface area contributed by atoms with Crippen molar-refractivity contribution in [2.75, 3.05) is 0 Å². The van der Waals surface area contributed by atoms with Crippen molar-refractivity contribution in [2.24, 2.45) is 0 Å². The highest BCUT2D eigenvalue weighted by atomic mass is 32.1. The minimum atomic E-state index is -4.35. The Labute approximate surface area is 226 Å². The lowest BCUT2D eigenvalue weighted by atomic mass is 10.0. The molecule has 7 aromatic rings. The van der Waals surface area contributed by atoms with Gasteiger partial charge in [0, 0.05) is 54.6 Å². The Hall–Kier alpha value is -4.55. The second-order valence-corrected chi connectivity index (χ2v) is 10.5. The first-order chi connectivity index (χ1) is 18.9. The van der Waals surface area contributed by atoms with Crippen LogP contribution in [0.25, 0.3) is 64.6 Å². The van der Waals surface area contributed by atoms with E-state index in [1.165, 1.54) is 32.3 Å². The van der Waals surface area contributed by atoms with Crippen molar-refractivity contribution in [3.63, 3.8) is 0 Å². The van der Waals surface area contributed by atoms with Crippen molar-refractivity contribution >= 4 is 42.4 Å². The summed E-state index contributed by atoms with van der Waals surface area (Å²) in [6.45, 7) is 0. The predicted octanol–water partition coefficient (Wildman–Crippen LogP) is 10.0. The second kappa shape index (κ2) is 9.03. The van der Waals surface area contributed by atoms with Gasteiger partial charge < -0.3 is 0 Å². The number of rotatable bonds is 3. The highest BCUT2D eigenvalue weighted by Crippen LogP contribution is 2.39. The molecule has 2 nitrogen and oxygen atoms in total. The molecule has 0 aliphatic rings. The van der Waals surface area contributed by atoms with E-state index in [0.29, 0.717) is 5.56 Å². The zero-order valence-corrected chi connectivity index (χ0v) is 21.2. The van der Waals surface area contributed by atoms with Crippen LogP contribution in [-0.2, 0) is 6.18 Å². The number of pyridine rings is 2. The molecule has 0 aliphatic heterocycles. The number of hydrogen-bond acceptors (Lipinski definition) is 3. The van der Waals surface area contributed by atoms with Crippen LogP contribution in [0.4, 0.5) is 13.2 Å². The normalized spacial score (nSPS) is 12.0. The third-order valence-corrected chi connectivity index (χ3v) is 8.23. The van der Waals surface area contributed by atoms with Gasteiger partial charge in [0.05, 0.1) is 16.8 Å². The van der Waals surface area contributed by atoms with Gasteiger partial charge in [-0.1, -0.05) is 66.7 Å². The van der Waals surface area contributed by atoms with Crippen LogP contribution in [0.3, 0.4) is 0 Å². The molecule has 0 atom stereocenters. The molecule has 188 valence electrons. The molecule has 7 rings (SSSR count). The standard InChI is InChI=1S/C33H19F3N2S/c34-33(35,36)25-13-10-20(11-14-25)21-8-9-22-16-24(19-38-30(22)17-21)23-12-15-29(37-18-23)28-6-3-5-27-26-4-1-2-7-31(26)39-32(27)28/h1-19H. The molecule has 0 saturated heterocycles. The summed E-state index contributed by atoms with van der Waals surface area (Å²) in [4.78, 5) is 9.44. The van der Waals surface area contributed by atoms with E-state index >= 15 is 0 Å². The Morgan fingerprint density at radius 2 is 1.33 bits per heavy atom. The molecule has 0 aliphatic carbocycles. The zero-order valence-electron chi connectivity index (χ0n) is 20.4. The molecule has 0 spiro atoms. The first-order valence-corrected chi connectivity index (χ1v) is 13.2. The Kier molecular flexibility index (Phi) is 5.46. The highest BCUT2D eigenvalue weighted by molar-refractivity contribution is 7.26. The third kappa shape index (κ3) is 4.23. The minimum absolute atomic E-state index is 0.657. The number of nitrogens with zero attached hydrogens (tertiary/aromatic N) is 2. The lowest BCUT2D eigenvalue weighted by molar-refractivity contribution is -0.137. The number of halogens is 3. The summed E-state index contributed by atoms with van der Waals surface area (Å²) in [6, 6.07) is 31.9. The van der Waals surface area contributed by atoms with Gasteiger partial charge in [-0.25, -0.2) is 0 Å². The molecule has 4 aromatic carbocycles. The summed E-state index contributed by atoms with van der Waals surface area (Å²) in [5.41, 5.74) is 5.60. The van der Waals surface area contributed by atoms with Gasteiger partial charge in [-0.05, 0) is 47.5 Å². The molecule has 0 unspecified atom stereocenters. The van der Waals surface area contributed by atoms with E-state index in [9.17, 15) is 13.2 Å². The molecular formula is C33H19F3N2S. The van der Waals surface area contributed by atoms with Gasteiger partial charge in [-0.3, -0.25) is 9.97 Å². The van der Waals surface area contributed by atoms with Gasteiger partial charge in [-0.2, -0.15) is 13.2 Å². The lowest BCUT2D eigenvalue weighted by Crippen LogP contribution is -2.03. The molecule has 0 amide bonds. The maximum atomic E-state index is 12.9. The van der Waals surface area contributed by atoms with E-state index in [2.05, 4.69) is 59.6 Å². The van der Waals surface area contributed by atoms with E-state index in [1.54, 1.807) is 11.3 Å². The number of alkyl halides is 3. The van der Waals surface area contributed by atoms with Crippen LogP contribution in [0.5, 0.6) is 0 Å². The molecule has 39 heavy (non-hydrogen) atoms. The Morgan fingerprint density at radius 1 is 0.590 bits per heavy atom. The van der Waals surface area contributed by atoms with Gasteiger partial charge in [0.2, 0.25) is 0 Å². The topological polar surface area (TPSA) is 25.8 Å². The maximum Gasteiger partial charge on any atom is 0.416 e. The summed E-state index contributed by atoms with van der Waals surface area (Å²) in [5, 5.41) is 3.45.